The molecule has 0 aromatic heterocycles. The van der Waals surface area contributed by atoms with Crippen molar-refractivity contribution in [3.8, 4) is 0 Å². The van der Waals surface area contributed by atoms with Crippen LogP contribution < -0.4 is 5.32 Å². The van der Waals surface area contributed by atoms with Crippen molar-refractivity contribution in [1.82, 2.24) is 10.4 Å². The summed E-state index contributed by atoms with van der Waals surface area (Å²) in [5, 5.41) is 3.53. The molecule has 1 atom stereocenters. The van der Waals surface area contributed by atoms with E-state index in [1.54, 1.807) is 0 Å². The average Bonchev–Trinajstić information content (AvgIpc) is 3.03. The third kappa shape index (κ3) is 10.4. The highest BCUT2D eigenvalue weighted by Crippen LogP contribution is 2.34. The van der Waals surface area contributed by atoms with Crippen molar-refractivity contribution >= 4 is 66.9 Å². The van der Waals surface area contributed by atoms with E-state index in [9.17, 15) is 19.2 Å². The van der Waals surface area contributed by atoms with Gasteiger partial charge in [-0.2, -0.15) is 0 Å². The van der Waals surface area contributed by atoms with Crippen LogP contribution >= 0.6 is 43.2 Å². The van der Waals surface area contributed by atoms with Gasteiger partial charge < -0.3 is 10.2 Å². The zero-order chi connectivity index (χ0) is 20.9. The lowest BCUT2D eigenvalue weighted by molar-refractivity contribution is -0.197. The standard InChI is InChI=1S/C18H28N2O5S4/c21-15(19-9-2-1-3-14-6-10-28-29-13-14)7-11-26-27-12-8-18(24)25-20-16(22)4-5-17(20)23/h14H,1-13H2,(H,19,21). The number of carbonyl (C=O) groups is 4. The molecule has 2 aliphatic heterocycles. The topological polar surface area (TPSA) is 92.8 Å². The fraction of sp³-hybridized carbons (Fsp3) is 0.778. The van der Waals surface area contributed by atoms with Gasteiger partial charge in [-0.1, -0.05) is 49.6 Å². The van der Waals surface area contributed by atoms with E-state index in [0.29, 0.717) is 23.0 Å². The third-order valence-corrected chi connectivity index (χ3v) is 9.44. The minimum absolute atomic E-state index is 0.0631. The monoisotopic (exact) mass is 480 g/mol. The third-order valence-electron chi connectivity index (χ3n) is 4.44. The molecule has 1 N–H and O–H groups in total. The minimum Gasteiger partial charge on any atom is -0.356 e. The van der Waals surface area contributed by atoms with Crippen LogP contribution in [0.15, 0.2) is 0 Å². The molecule has 0 aromatic carbocycles. The zero-order valence-corrected chi connectivity index (χ0v) is 19.7. The van der Waals surface area contributed by atoms with E-state index in [-0.39, 0.29) is 25.2 Å². The van der Waals surface area contributed by atoms with Gasteiger partial charge in [0.25, 0.3) is 11.8 Å². The first-order valence-electron chi connectivity index (χ1n) is 9.88. The van der Waals surface area contributed by atoms with Gasteiger partial charge in [-0.15, -0.1) is 5.06 Å². The van der Waals surface area contributed by atoms with E-state index < -0.39 is 17.8 Å². The van der Waals surface area contributed by atoms with Crippen LogP contribution in [0.3, 0.4) is 0 Å². The molecule has 2 aliphatic rings. The molecule has 7 nitrogen and oxygen atoms in total. The number of rotatable bonds is 13. The molecule has 164 valence electrons. The lowest BCUT2D eigenvalue weighted by Gasteiger charge is -2.20. The lowest BCUT2D eigenvalue weighted by atomic mass is 10.0. The number of nitrogens with zero attached hydrogens (tertiary/aromatic N) is 1. The molecule has 0 spiro atoms. The maximum Gasteiger partial charge on any atom is 0.334 e. The number of carbonyl (C=O) groups excluding carboxylic acids is 4. The number of nitrogens with one attached hydrogen (secondary N) is 1. The van der Waals surface area contributed by atoms with Crippen LogP contribution in [0.25, 0.3) is 0 Å². The van der Waals surface area contributed by atoms with E-state index >= 15 is 0 Å². The Bertz CT molecular complexity index is 556. The molecule has 29 heavy (non-hydrogen) atoms. The molecule has 2 fully saturated rings. The molecule has 3 amide bonds. The Labute approximate surface area is 187 Å². The second-order valence-corrected chi connectivity index (χ2v) is 12.1. The number of hydrogen-bond acceptors (Lipinski definition) is 9. The summed E-state index contributed by atoms with van der Waals surface area (Å²) in [5.74, 6) is 3.08. The number of amides is 3. The summed E-state index contributed by atoms with van der Waals surface area (Å²) in [5.41, 5.74) is 0. The van der Waals surface area contributed by atoms with Gasteiger partial charge in [-0.25, -0.2) is 4.79 Å². The molecule has 2 saturated heterocycles. The summed E-state index contributed by atoms with van der Waals surface area (Å²) < 4.78 is 0. The van der Waals surface area contributed by atoms with Crippen molar-refractivity contribution in [3.05, 3.63) is 0 Å². The Morgan fingerprint density at radius 2 is 1.79 bits per heavy atom. The Kier molecular flexibility index (Phi) is 12.4. The van der Waals surface area contributed by atoms with Gasteiger partial charge in [0, 0.05) is 48.8 Å². The number of imide groups is 1. The van der Waals surface area contributed by atoms with Crippen molar-refractivity contribution in [3.63, 3.8) is 0 Å². The smallest absolute Gasteiger partial charge is 0.334 e. The largest absolute Gasteiger partial charge is 0.356 e. The Balaban J connectivity index is 1.38. The second-order valence-electron chi connectivity index (χ2n) is 6.80. The van der Waals surface area contributed by atoms with E-state index in [1.165, 1.54) is 52.4 Å². The Morgan fingerprint density at radius 3 is 2.48 bits per heavy atom. The quantitative estimate of drug-likeness (QED) is 0.242. The van der Waals surface area contributed by atoms with Crippen LogP contribution in [0.1, 0.15) is 51.4 Å². The molecule has 0 saturated carbocycles. The molecule has 0 aromatic rings. The molecular formula is C18H28N2O5S4. The maximum atomic E-state index is 11.8. The first kappa shape index (κ1) is 24.7. The van der Waals surface area contributed by atoms with Crippen molar-refractivity contribution in [2.75, 3.05) is 29.6 Å². The summed E-state index contributed by atoms with van der Waals surface area (Å²) in [4.78, 5) is 51.0. The predicted octanol–water partition coefficient (Wildman–Crippen LogP) is 3.44. The summed E-state index contributed by atoms with van der Waals surface area (Å²) in [7, 11) is 6.96. The van der Waals surface area contributed by atoms with Crippen molar-refractivity contribution in [1.29, 1.82) is 0 Å². The summed E-state index contributed by atoms with van der Waals surface area (Å²) in [6, 6.07) is 0. The van der Waals surface area contributed by atoms with Crippen LogP contribution in [-0.4, -0.2) is 58.3 Å². The molecule has 0 aliphatic carbocycles. The highest BCUT2D eigenvalue weighted by atomic mass is 33.1. The van der Waals surface area contributed by atoms with Crippen molar-refractivity contribution in [2.45, 2.75) is 51.4 Å². The number of hydroxylamine groups is 2. The van der Waals surface area contributed by atoms with Gasteiger partial charge in [0.1, 0.15) is 0 Å². The average molecular weight is 481 g/mol. The van der Waals surface area contributed by atoms with E-state index in [4.69, 9.17) is 4.84 Å². The highest BCUT2D eigenvalue weighted by molar-refractivity contribution is 8.77. The Hall–Kier alpha value is -0.520. The fourth-order valence-corrected chi connectivity index (χ4v) is 7.43. The fourth-order valence-electron chi connectivity index (χ4n) is 2.79. The van der Waals surface area contributed by atoms with Gasteiger partial charge in [-0.3, -0.25) is 14.4 Å². The van der Waals surface area contributed by atoms with Gasteiger partial charge in [0.05, 0.1) is 6.42 Å². The van der Waals surface area contributed by atoms with Gasteiger partial charge in [-0.05, 0) is 25.2 Å². The van der Waals surface area contributed by atoms with Gasteiger partial charge in [0.15, 0.2) is 0 Å². The van der Waals surface area contributed by atoms with Crippen LogP contribution in [0.5, 0.6) is 0 Å². The minimum atomic E-state index is -0.593. The van der Waals surface area contributed by atoms with E-state index in [2.05, 4.69) is 5.32 Å². The second kappa shape index (κ2) is 14.5. The van der Waals surface area contributed by atoms with Crippen LogP contribution in [0, 0.1) is 5.92 Å². The Morgan fingerprint density at radius 1 is 1.07 bits per heavy atom. The number of hydrogen-bond donors (Lipinski definition) is 1. The van der Waals surface area contributed by atoms with Crippen LogP contribution in [0.2, 0.25) is 0 Å². The number of unbranched alkanes of at least 4 members (excludes halogenated alkanes) is 1. The lowest BCUT2D eigenvalue weighted by Crippen LogP contribution is -2.32. The van der Waals surface area contributed by atoms with Crippen molar-refractivity contribution < 1.29 is 24.0 Å². The summed E-state index contributed by atoms with van der Waals surface area (Å²) in [6.07, 6.45) is 5.55. The first-order chi connectivity index (χ1) is 14.1. The first-order valence-corrected chi connectivity index (χ1v) is 14.9. The molecule has 11 heteroatoms. The van der Waals surface area contributed by atoms with Gasteiger partial charge >= 0.3 is 5.97 Å². The van der Waals surface area contributed by atoms with Crippen molar-refractivity contribution in [2.24, 2.45) is 5.92 Å². The zero-order valence-electron chi connectivity index (χ0n) is 16.4. The van der Waals surface area contributed by atoms with E-state index in [0.717, 1.165) is 18.9 Å². The van der Waals surface area contributed by atoms with Crippen LogP contribution in [-0.2, 0) is 24.0 Å². The maximum absolute atomic E-state index is 11.8. The highest BCUT2D eigenvalue weighted by Gasteiger charge is 2.32. The molecule has 1 unspecified atom stereocenters. The summed E-state index contributed by atoms with van der Waals surface area (Å²) in [6.45, 7) is 0.741. The summed E-state index contributed by atoms with van der Waals surface area (Å²) >= 11 is 0. The van der Waals surface area contributed by atoms with Gasteiger partial charge in [0.2, 0.25) is 5.91 Å². The predicted molar refractivity (Wildman–Crippen MR) is 121 cm³/mol. The molecular weight excluding hydrogens is 452 g/mol. The van der Waals surface area contributed by atoms with E-state index in [1.807, 2.05) is 21.6 Å². The molecule has 2 rings (SSSR count). The normalized spacial score (nSPS) is 19.4. The molecule has 0 radical (unpaired) electrons. The molecule has 2 heterocycles. The molecule has 0 bridgehead atoms. The van der Waals surface area contributed by atoms with Crippen LogP contribution in [0.4, 0.5) is 0 Å². The SMILES string of the molecule is O=C(CCSSCCC(=O)ON1C(=O)CCC1=O)NCCCCC1CCSSC1.